The molecule has 8 heteroatoms. The van der Waals surface area contributed by atoms with Crippen molar-refractivity contribution < 1.29 is 18.4 Å². The van der Waals surface area contributed by atoms with Crippen LogP contribution in [-0.2, 0) is 0 Å². The number of imide groups is 1. The summed E-state index contributed by atoms with van der Waals surface area (Å²) in [5.41, 5.74) is -0.134. The second-order valence-corrected chi connectivity index (χ2v) is 7.01. The van der Waals surface area contributed by atoms with Crippen molar-refractivity contribution in [3.8, 4) is 0 Å². The van der Waals surface area contributed by atoms with Crippen LogP contribution in [0.3, 0.4) is 0 Å². The number of aromatic nitrogens is 2. The topological polar surface area (TPSA) is 71.7 Å². The Labute approximate surface area is 165 Å². The molecule has 3 aromatic carbocycles. The zero-order valence-electron chi connectivity index (χ0n) is 15.0. The average molecular weight is 401 g/mol. The number of para-hydroxylation sites is 1. The summed E-state index contributed by atoms with van der Waals surface area (Å²) in [5.74, 6) is -3.85. The lowest BCUT2D eigenvalue weighted by Gasteiger charge is -2.27. The number of hydrogen-bond acceptors (Lipinski definition) is 4. The van der Waals surface area contributed by atoms with Gasteiger partial charge in [-0.2, -0.15) is 13.8 Å². The zero-order chi connectivity index (χ0) is 20.7. The van der Waals surface area contributed by atoms with Gasteiger partial charge in [0.2, 0.25) is 0 Å². The first-order chi connectivity index (χ1) is 14.5. The summed E-state index contributed by atoms with van der Waals surface area (Å²) in [6, 6.07) is 14.3. The first kappa shape index (κ1) is 16.7. The quantitative estimate of drug-likeness (QED) is 0.403. The molecule has 0 N–H and O–H groups in total. The largest absolute Gasteiger partial charge is 0.269 e. The summed E-state index contributed by atoms with van der Waals surface area (Å²) in [7, 11) is 0. The van der Waals surface area contributed by atoms with E-state index in [2.05, 4.69) is 4.98 Å². The third kappa shape index (κ3) is 1.85. The zero-order valence-corrected chi connectivity index (χ0v) is 15.0. The Morgan fingerprint density at radius 2 is 1.37 bits per heavy atom. The van der Waals surface area contributed by atoms with Crippen LogP contribution in [-0.4, -0.2) is 21.2 Å². The summed E-state index contributed by atoms with van der Waals surface area (Å²) in [5, 5.41) is 0.933. The molecule has 6 rings (SSSR count). The molecule has 2 amide bonds. The van der Waals surface area contributed by atoms with Gasteiger partial charge in [-0.1, -0.05) is 18.2 Å². The number of amides is 2. The Morgan fingerprint density at radius 1 is 0.733 bits per heavy atom. The standard InChI is InChI=1S/C22H9F2N3O3/c23-17-18(24)27-19(25-17)11-6-7-13-16-14(9-8-12(15(11)16)22(27)30)21(29)26(20(13)28)10-4-2-1-3-5-10/h1-9H. The fraction of sp³-hybridized carbons (Fsp3) is 0. The number of carbonyl (C=O) groups is 2. The highest BCUT2D eigenvalue weighted by molar-refractivity contribution is 6.38. The molecular weight excluding hydrogens is 392 g/mol. The maximum Gasteiger partial charge on any atom is 0.269 e. The van der Waals surface area contributed by atoms with Gasteiger partial charge in [-0.15, -0.1) is 0 Å². The normalized spacial score (nSPS) is 13.9. The van der Waals surface area contributed by atoms with Gasteiger partial charge < -0.3 is 0 Å². The SMILES string of the molecule is O=C1c2ccc3c(=O)n4c(F)c(F)nc4c4ccc(c2c34)C(=O)N1c1ccccc1. The summed E-state index contributed by atoms with van der Waals surface area (Å²) >= 11 is 0. The molecule has 0 fully saturated rings. The van der Waals surface area contributed by atoms with Crippen molar-refractivity contribution in [1.29, 1.82) is 0 Å². The first-order valence-corrected chi connectivity index (χ1v) is 9.01. The molecule has 0 aliphatic carbocycles. The van der Waals surface area contributed by atoms with Crippen molar-refractivity contribution in [2.45, 2.75) is 0 Å². The first-order valence-electron chi connectivity index (χ1n) is 9.01. The molecule has 0 bridgehead atoms. The Balaban J connectivity index is 1.77. The molecule has 144 valence electrons. The summed E-state index contributed by atoms with van der Waals surface area (Å²) in [6.07, 6.45) is 0. The van der Waals surface area contributed by atoms with E-state index in [9.17, 15) is 23.2 Å². The molecule has 3 heterocycles. The molecule has 0 spiro atoms. The van der Waals surface area contributed by atoms with Crippen molar-refractivity contribution in [2.75, 3.05) is 4.90 Å². The van der Waals surface area contributed by atoms with Crippen LogP contribution in [0.25, 0.3) is 27.2 Å². The second-order valence-electron chi connectivity index (χ2n) is 7.01. The minimum atomic E-state index is -1.39. The number of imidazole rings is 1. The molecule has 0 saturated carbocycles. The minimum absolute atomic E-state index is 0.0724. The smallest absolute Gasteiger partial charge is 0.268 e. The Hall–Kier alpha value is -4.20. The molecule has 30 heavy (non-hydrogen) atoms. The number of nitrogens with zero attached hydrogens (tertiary/aromatic N) is 3. The Bertz CT molecular complexity index is 1600. The number of anilines is 1. The molecule has 1 aliphatic heterocycles. The monoisotopic (exact) mass is 401 g/mol. The van der Waals surface area contributed by atoms with Gasteiger partial charge in [-0.25, -0.2) is 9.30 Å². The Kier molecular flexibility index (Phi) is 3.04. The minimum Gasteiger partial charge on any atom is -0.268 e. The van der Waals surface area contributed by atoms with E-state index >= 15 is 0 Å². The lowest BCUT2D eigenvalue weighted by molar-refractivity contribution is 0.0893. The fourth-order valence-electron chi connectivity index (χ4n) is 4.22. The van der Waals surface area contributed by atoms with E-state index in [0.29, 0.717) is 15.5 Å². The van der Waals surface area contributed by atoms with Gasteiger partial charge in [0.05, 0.1) is 5.69 Å². The number of fused-ring (bicyclic) bond motifs is 2. The second kappa shape index (κ2) is 5.44. The third-order valence-electron chi connectivity index (χ3n) is 5.50. The van der Waals surface area contributed by atoms with Crippen molar-refractivity contribution >= 4 is 44.7 Å². The van der Waals surface area contributed by atoms with Crippen molar-refractivity contribution in [3.63, 3.8) is 0 Å². The summed E-state index contributed by atoms with van der Waals surface area (Å²) in [6.45, 7) is 0. The maximum atomic E-state index is 14.2. The fourth-order valence-corrected chi connectivity index (χ4v) is 4.22. The van der Waals surface area contributed by atoms with E-state index in [4.69, 9.17) is 0 Å². The molecule has 0 unspecified atom stereocenters. The van der Waals surface area contributed by atoms with Gasteiger partial charge in [0.15, 0.2) is 5.65 Å². The highest BCUT2D eigenvalue weighted by atomic mass is 19.2. The van der Waals surface area contributed by atoms with Crippen molar-refractivity contribution in [1.82, 2.24) is 9.38 Å². The highest BCUT2D eigenvalue weighted by Crippen LogP contribution is 2.38. The molecule has 5 aromatic rings. The third-order valence-corrected chi connectivity index (χ3v) is 5.50. The van der Waals surface area contributed by atoms with Gasteiger partial charge in [-0.05, 0) is 36.4 Å². The van der Waals surface area contributed by atoms with Crippen LogP contribution in [0.1, 0.15) is 20.7 Å². The van der Waals surface area contributed by atoms with Crippen LogP contribution in [0.2, 0.25) is 0 Å². The molecule has 6 nitrogen and oxygen atoms in total. The van der Waals surface area contributed by atoms with Crippen LogP contribution < -0.4 is 10.5 Å². The summed E-state index contributed by atoms with van der Waals surface area (Å²) in [4.78, 5) is 43.9. The van der Waals surface area contributed by atoms with Crippen LogP contribution in [0, 0.1) is 11.9 Å². The van der Waals surface area contributed by atoms with Gasteiger partial charge in [0, 0.05) is 32.7 Å². The lowest BCUT2D eigenvalue weighted by Crippen LogP contribution is -2.40. The maximum absolute atomic E-state index is 14.2. The predicted molar refractivity (Wildman–Crippen MR) is 105 cm³/mol. The number of rotatable bonds is 1. The van der Waals surface area contributed by atoms with E-state index in [1.807, 2.05) is 0 Å². The summed E-state index contributed by atoms with van der Waals surface area (Å²) < 4.78 is 28.5. The molecule has 0 atom stereocenters. The molecular formula is C22H9F2N3O3. The number of pyridine rings is 1. The van der Waals surface area contributed by atoms with Gasteiger partial charge in [-0.3, -0.25) is 14.4 Å². The van der Waals surface area contributed by atoms with E-state index in [-0.39, 0.29) is 32.9 Å². The van der Waals surface area contributed by atoms with Crippen LogP contribution >= 0.6 is 0 Å². The Morgan fingerprint density at radius 3 is 2.03 bits per heavy atom. The van der Waals surface area contributed by atoms with E-state index in [1.165, 1.54) is 24.3 Å². The van der Waals surface area contributed by atoms with Crippen molar-refractivity contribution in [2.24, 2.45) is 0 Å². The molecule has 1 aliphatic rings. The molecule has 0 radical (unpaired) electrons. The number of benzene rings is 3. The predicted octanol–water partition coefficient (Wildman–Crippen LogP) is 3.52. The lowest BCUT2D eigenvalue weighted by atomic mass is 9.90. The van der Waals surface area contributed by atoms with Gasteiger partial charge in [0.25, 0.3) is 29.3 Å². The van der Waals surface area contributed by atoms with Crippen LogP contribution in [0.15, 0.2) is 59.4 Å². The van der Waals surface area contributed by atoms with E-state index in [1.54, 1.807) is 30.3 Å². The number of hydrogen-bond donors (Lipinski definition) is 0. The van der Waals surface area contributed by atoms with E-state index < -0.39 is 29.3 Å². The molecule has 2 aromatic heterocycles. The number of halogens is 2. The number of carbonyl (C=O) groups excluding carboxylic acids is 2. The van der Waals surface area contributed by atoms with Crippen LogP contribution in [0.4, 0.5) is 14.5 Å². The molecule has 0 saturated heterocycles. The van der Waals surface area contributed by atoms with Crippen LogP contribution in [0.5, 0.6) is 0 Å². The van der Waals surface area contributed by atoms with Crippen molar-refractivity contribution in [3.05, 3.63) is 88.0 Å². The van der Waals surface area contributed by atoms with Gasteiger partial charge >= 0.3 is 0 Å². The van der Waals surface area contributed by atoms with Gasteiger partial charge in [0.1, 0.15) is 0 Å². The highest BCUT2D eigenvalue weighted by Gasteiger charge is 2.35. The van der Waals surface area contributed by atoms with E-state index in [0.717, 1.165) is 4.90 Å². The average Bonchev–Trinajstić information content (AvgIpc) is 3.06.